The van der Waals surface area contributed by atoms with Gasteiger partial charge in [-0.25, -0.2) is 9.67 Å². The largest absolute Gasteiger partial charge is 0.378 e. The highest BCUT2D eigenvalue weighted by molar-refractivity contribution is 5.75. The van der Waals surface area contributed by atoms with Gasteiger partial charge in [0.15, 0.2) is 5.65 Å². The summed E-state index contributed by atoms with van der Waals surface area (Å²) in [5.41, 5.74) is 5.80. The van der Waals surface area contributed by atoms with E-state index in [4.69, 9.17) is 9.72 Å². The topological polar surface area (TPSA) is 68.1 Å². The number of anilines is 3. The first kappa shape index (κ1) is 18.3. The number of morpholine rings is 1. The van der Waals surface area contributed by atoms with Crippen molar-refractivity contribution in [1.29, 1.82) is 0 Å². The Morgan fingerprint density at radius 1 is 0.968 bits per heavy atom. The van der Waals surface area contributed by atoms with E-state index in [1.807, 2.05) is 12.4 Å². The molecule has 0 saturated carbocycles. The van der Waals surface area contributed by atoms with Gasteiger partial charge in [0.05, 0.1) is 30.8 Å². The molecule has 1 aliphatic carbocycles. The molecule has 2 aliphatic rings. The number of ether oxygens (including phenoxy) is 1. The molecule has 0 amide bonds. The average molecular weight is 412 g/mol. The van der Waals surface area contributed by atoms with Crippen LogP contribution in [0.2, 0.25) is 0 Å². The summed E-state index contributed by atoms with van der Waals surface area (Å²) in [6.07, 6.45) is 5.83. The Kier molecular flexibility index (Phi) is 4.53. The van der Waals surface area contributed by atoms with Gasteiger partial charge < -0.3 is 15.0 Å². The summed E-state index contributed by atoms with van der Waals surface area (Å²) in [4.78, 5) is 11.6. The minimum atomic E-state index is 0.226. The van der Waals surface area contributed by atoms with Crippen molar-refractivity contribution in [1.82, 2.24) is 19.7 Å². The Bertz CT molecular complexity index is 1210. The van der Waals surface area contributed by atoms with Crippen LogP contribution in [0.1, 0.15) is 23.6 Å². The summed E-state index contributed by atoms with van der Waals surface area (Å²) in [5.74, 6) is 0.583. The maximum absolute atomic E-state index is 5.44. The summed E-state index contributed by atoms with van der Waals surface area (Å²) in [6, 6.07) is 17.3. The first-order valence-electron chi connectivity index (χ1n) is 10.8. The molecule has 1 N–H and O–H groups in total. The number of rotatable bonds is 4. The van der Waals surface area contributed by atoms with Crippen LogP contribution >= 0.6 is 0 Å². The zero-order valence-corrected chi connectivity index (χ0v) is 17.2. The van der Waals surface area contributed by atoms with E-state index in [1.165, 1.54) is 16.8 Å². The first-order valence-corrected chi connectivity index (χ1v) is 10.8. The number of aryl methyl sites for hydroxylation is 1. The van der Waals surface area contributed by atoms with Crippen molar-refractivity contribution >= 4 is 28.4 Å². The molecule has 4 aromatic rings. The number of aromatic nitrogens is 4. The highest BCUT2D eigenvalue weighted by atomic mass is 16.5. The number of hydrogen-bond donors (Lipinski definition) is 1. The minimum absolute atomic E-state index is 0.226. The third-order valence-electron chi connectivity index (χ3n) is 6.23. The molecule has 7 nitrogen and oxygen atoms in total. The average Bonchev–Trinajstić information content (AvgIpc) is 3.44. The second-order valence-corrected chi connectivity index (χ2v) is 8.09. The lowest BCUT2D eigenvalue weighted by molar-refractivity contribution is 0.122. The SMILES string of the molecule is c1ccc2c(c1)CC[C@H]2n1ncc2cnc(Nc3ccc(N4CCOCC4)cc3)nc21. The number of nitrogens with zero attached hydrogens (tertiary/aromatic N) is 5. The fourth-order valence-electron chi connectivity index (χ4n) is 4.62. The molecule has 1 saturated heterocycles. The second kappa shape index (κ2) is 7.67. The third kappa shape index (κ3) is 3.41. The van der Waals surface area contributed by atoms with Gasteiger partial charge in [-0.3, -0.25) is 0 Å². The van der Waals surface area contributed by atoms with Gasteiger partial charge in [-0.1, -0.05) is 24.3 Å². The van der Waals surface area contributed by atoms with E-state index < -0.39 is 0 Å². The number of hydrogen-bond acceptors (Lipinski definition) is 6. The van der Waals surface area contributed by atoms with Crippen LogP contribution in [-0.2, 0) is 11.2 Å². The first-order chi connectivity index (χ1) is 15.3. The van der Waals surface area contributed by atoms with E-state index in [9.17, 15) is 0 Å². The Hall–Kier alpha value is -3.45. The Morgan fingerprint density at radius 3 is 2.68 bits per heavy atom. The van der Waals surface area contributed by atoms with E-state index in [1.54, 1.807) is 0 Å². The molecule has 1 fully saturated rings. The molecular weight excluding hydrogens is 388 g/mol. The highest BCUT2D eigenvalue weighted by Crippen LogP contribution is 2.35. The predicted octanol–water partition coefficient (Wildman–Crippen LogP) is 3.94. The molecule has 7 heteroatoms. The van der Waals surface area contributed by atoms with Crippen LogP contribution in [0.15, 0.2) is 60.9 Å². The van der Waals surface area contributed by atoms with E-state index in [0.717, 1.165) is 55.9 Å². The third-order valence-corrected chi connectivity index (χ3v) is 6.23. The summed E-state index contributed by atoms with van der Waals surface area (Å²) in [5, 5.41) is 8.96. The monoisotopic (exact) mass is 412 g/mol. The van der Waals surface area contributed by atoms with Gasteiger partial charge in [-0.15, -0.1) is 0 Å². The molecule has 1 aliphatic heterocycles. The van der Waals surface area contributed by atoms with Crippen molar-refractivity contribution in [2.75, 3.05) is 36.5 Å². The lowest BCUT2D eigenvalue weighted by Gasteiger charge is -2.28. The fourth-order valence-corrected chi connectivity index (χ4v) is 4.62. The lowest BCUT2D eigenvalue weighted by atomic mass is 10.1. The molecule has 0 bridgehead atoms. The van der Waals surface area contributed by atoms with Crippen LogP contribution in [0.5, 0.6) is 0 Å². The lowest BCUT2D eigenvalue weighted by Crippen LogP contribution is -2.36. The molecule has 0 spiro atoms. The van der Waals surface area contributed by atoms with Crippen LogP contribution in [0.25, 0.3) is 11.0 Å². The van der Waals surface area contributed by atoms with Gasteiger partial charge in [0.2, 0.25) is 5.95 Å². The predicted molar refractivity (Wildman–Crippen MR) is 121 cm³/mol. The molecule has 0 unspecified atom stereocenters. The Labute approximate surface area is 180 Å². The van der Waals surface area contributed by atoms with E-state index >= 15 is 0 Å². The highest BCUT2D eigenvalue weighted by Gasteiger charge is 2.26. The standard InChI is InChI=1S/C24H24N6O/c1-2-4-21-17(3-1)5-10-22(21)30-23-18(16-26-30)15-25-24(28-23)27-19-6-8-20(9-7-19)29-11-13-31-14-12-29/h1-4,6-9,15-16,22H,5,10-14H2,(H,25,27,28)/t22-/m1/s1. The van der Waals surface area contributed by atoms with Crippen LogP contribution < -0.4 is 10.2 Å². The van der Waals surface area contributed by atoms with Crippen LogP contribution in [0, 0.1) is 0 Å². The fraction of sp³-hybridized carbons (Fsp3) is 0.292. The van der Waals surface area contributed by atoms with Gasteiger partial charge in [-0.2, -0.15) is 10.1 Å². The van der Waals surface area contributed by atoms with Crippen molar-refractivity contribution in [3.05, 3.63) is 72.1 Å². The van der Waals surface area contributed by atoms with Gasteiger partial charge in [-0.05, 0) is 48.2 Å². The molecule has 31 heavy (non-hydrogen) atoms. The number of fused-ring (bicyclic) bond motifs is 2. The van der Waals surface area contributed by atoms with Crippen molar-refractivity contribution in [2.45, 2.75) is 18.9 Å². The van der Waals surface area contributed by atoms with Crippen molar-refractivity contribution < 1.29 is 4.74 Å². The Balaban J connectivity index is 1.26. The summed E-state index contributed by atoms with van der Waals surface area (Å²) in [6.45, 7) is 3.43. The van der Waals surface area contributed by atoms with Gasteiger partial charge in [0, 0.05) is 30.7 Å². The van der Waals surface area contributed by atoms with Crippen molar-refractivity contribution in [3.63, 3.8) is 0 Å². The number of nitrogens with one attached hydrogen (secondary N) is 1. The normalized spacial score (nSPS) is 18.3. The molecular formula is C24H24N6O. The molecule has 2 aromatic heterocycles. The molecule has 3 heterocycles. The van der Waals surface area contributed by atoms with Gasteiger partial charge in [0.1, 0.15) is 0 Å². The molecule has 1 atom stereocenters. The van der Waals surface area contributed by atoms with Gasteiger partial charge in [0.25, 0.3) is 0 Å². The maximum Gasteiger partial charge on any atom is 0.229 e. The summed E-state index contributed by atoms with van der Waals surface area (Å²) < 4.78 is 7.49. The van der Waals surface area contributed by atoms with Crippen molar-refractivity contribution in [3.8, 4) is 0 Å². The smallest absolute Gasteiger partial charge is 0.229 e. The maximum atomic E-state index is 5.44. The van der Waals surface area contributed by atoms with E-state index in [-0.39, 0.29) is 6.04 Å². The minimum Gasteiger partial charge on any atom is -0.378 e. The zero-order chi connectivity index (χ0) is 20.6. The molecule has 156 valence electrons. The van der Waals surface area contributed by atoms with Crippen molar-refractivity contribution in [2.24, 2.45) is 0 Å². The Morgan fingerprint density at radius 2 is 1.81 bits per heavy atom. The van der Waals surface area contributed by atoms with Crippen LogP contribution in [0.3, 0.4) is 0 Å². The zero-order valence-electron chi connectivity index (χ0n) is 17.2. The second-order valence-electron chi connectivity index (χ2n) is 8.09. The number of benzene rings is 2. The quantitative estimate of drug-likeness (QED) is 0.548. The van der Waals surface area contributed by atoms with Crippen LogP contribution in [0.4, 0.5) is 17.3 Å². The molecule has 2 aromatic carbocycles. The molecule has 0 radical (unpaired) electrons. The summed E-state index contributed by atoms with van der Waals surface area (Å²) >= 11 is 0. The summed E-state index contributed by atoms with van der Waals surface area (Å²) in [7, 11) is 0. The van der Waals surface area contributed by atoms with E-state index in [2.05, 4.69) is 73.5 Å². The van der Waals surface area contributed by atoms with Crippen LogP contribution in [-0.4, -0.2) is 46.1 Å². The molecule has 6 rings (SSSR count). The van der Waals surface area contributed by atoms with Gasteiger partial charge >= 0.3 is 0 Å². The van der Waals surface area contributed by atoms with E-state index in [0.29, 0.717) is 5.95 Å².